The Balaban J connectivity index is 1.19. The van der Waals surface area contributed by atoms with Gasteiger partial charge in [-0.05, 0) is 42.2 Å². The third kappa shape index (κ3) is 4.10. The summed E-state index contributed by atoms with van der Waals surface area (Å²) in [6.45, 7) is 1.41. The molecular formula is C24H26F2N2O4. The lowest BCUT2D eigenvalue weighted by molar-refractivity contribution is -0.116. The smallest absolute Gasteiger partial charge is 0.224 e. The predicted octanol–water partition coefficient (Wildman–Crippen LogP) is 2.79. The van der Waals surface area contributed by atoms with Crippen LogP contribution in [0.25, 0.3) is 0 Å². The number of benzene rings is 2. The minimum atomic E-state index is -0.957. The predicted molar refractivity (Wildman–Crippen MR) is 113 cm³/mol. The van der Waals surface area contributed by atoms with Crippen LogP contribution in [0.4, 0.5) is 14.5 Å². The minimum Gasteiger partial charge on any atom is -0.487 e. The van der Waals surface area contributed by atoms with Crippen molar-refractivity contribution in [3.05, 3.63) is 59.2 Å². The quantitative estimate of drug-likeness (QED) is 0.661. The summed E-state index contributed by atoms with van der Waals surface area (Å²) < 4.78 is 32.7. The van der Waals surface area contributed by atoms with Crippen LogP contribution in [-0.2, 0) is 11.2 Å². The van der Waals surface area contributed by atoms with Gasteiger partial charge in [0.15, 0.2) is 11.6 Å². The number of hydrogen-bond acceptors (Lipinski definition) is 5. The molecule has 0 bridgehead atoms. The van der Waals surface area contributed by atoms with E-state index in [0.717, 1.165) is 28.9 Å². The molecule has 6 nitrogen and oxygen atoms in total. The van der Waals surface area contributed by atoms with Gasteiger partial charge in [-0.1, -0.05) is 12.1 Å². The highest BCUT2D eigenvalue weighted by Gasteiger charge is 2.53. The van der Waals surface area contributed by atoms with Crippen molar-refractivity contribution >= 4 is 11.6 Å². The molecule has 0 aromatic heterocycles. The first kappa shape index (κ1) is 21.3. The Hall–Kier alpha value is -2.55. The molecule has 2 fully saturated rings. The molecule has 2 aliphatic heterocycles. The average Bonchev–Trinajstić information content (AvgIpc) is 3.19. The SMILES string of the molecule is O=C1CCc2cc(C(O)CN3C[C@@H]4C[C@@H](Oc5ccc(F)cc5F)C[C@]4(O)C3)ccc2N1. The van der Waals surface area contributed by atoms with E-state index >= 15 is 0 Å². The number of carbonyl (C=O) groups is 1. The van der Waals surface area contributed by atoms with Gasteiger partial charge in [-0.15, -0.1) is 0 Å². The summed E-state index contributed by atoms with van der Waals surface area (Å²) in [5.41, 5.74) is 1.65. The van der Waals surface area contributed by atoms with E-state index in [0.29, 0.717) is 45.3 Å². The number of likely N-dealkylation sites (tertiary alicyclic amines) is 1. The number of aliphatic hydroxyl groups excluding tert-OH is 1. The maximum atomic E-state index is 13.9. The zero-order valence-electron chi connectivity index (χ0n) is 17.6. The topological polar surface area (TPSA) is 82.0 Å². The van der Waals surface area contributed by atoms with Gasteiger partial charge in [-0.25, -0.2) is 8.78 Å². The fraction of sp³-hybridized carbons (Fsp3) is 0.458. The van der Waals surface area contributed by atoms with Crippen LogP contribution < -0.4 is 10.1 Å². The summed E-state index contributed by atoms with van der Waals surface area (Å²) in [5.74, 6) is -1.44. The van der Waals surface area contributed by atoms with E-state index in [9.17, 15) is 23.8 Å². The molecule has 5 rings (SSSR count). The van der Waals surface area contributed by atoms with E-state index in [1.54, 1.807) is 0 Å². The van der Waals surface area contributed by atoms with Crippen LogP contribution in [0.5, 0.6) is 5.75 Å². The molecule has 1 aliphatic carbocycles. The first-order chi connectivity index (χ1) is 15.3. The van der Waals surface area contributed by atoms with Gasteiger partial charge in [-0.3, -0.25) is 9.69 Å². The number of rotatable bonds is 5. The van der Waals surface area contributed by atoms with Crippen molar-refractivity contribution in [3.8, 4) is 5.75 Å². The van der Waals surface area contributed by atoms with Gasteiger partial charge in [0.1, 0.15) is 11.9 Å². The summed E-state index contributed by atoms with van der Waals surface area (Å²) >= 11 is 0. The number of β-amino-alcohol motifs (C(OH)–C–C–N with tert-alkyl or cyclic N) is 2. The van der Waals surface area contributed by atoms with Crippen LogP contribution in [0.15, 0.2) is 36.4 Å². The summed E-state index contributed by atoms with van der Waals surface area (Å²) in [6, 6.07) is 8.80. The van der Waals surface area contributed by atoms with E-state index in [2.05, 4.69) is 5.32 Å². The second-order valence-electron chi connectivity index (χ2n) is 9.23. The highest BCUT2D eigenvalue weighted by molar-refractivity contribution is 5.93. The number of aliphatic hydroxyl groups is 2. The Kier molecular flexibility index (Phi) is 5.39. The Morgan fingerprint density at radius 2 is 2.06 bits per heavy atom. The molecule has 2 aromatic rings. The van der Waals surface area contributed by atoms with Crippen LogP contribution in [-0.4, -0.2) is 52.4 Å². The number of halogens is 2. The molecule has 4 atom stereocenters. The monoisotopic (exact) mass is 444 g/mol. The van der Waals surface area contributed by atoms with Gasteiger partial charge < -0.3 is 20.3 Å². The standard InChI is InChI=1S/C24H26F2N2O4/c25-17-3-5-22(19(26)9-17)32-18-8-16-11-28(13-24(16,31)10-18)12-21(29)15-1-4-20-14(7-15)2-6-23(30)27-20/h1,3-5,7,9,16,18,21,29,31H,2,6,8,10-13H2,(H,27,30)/t16-,18+,21?,24-/m0/s1. The molecule has 0 radical (unpaired) electrons. The summed E-state index contributed by atoms with van der Waals surface area (Å²) in [4.78, 5) is 13.6. The van der Waals surface area contributed by atoms with E-state index in [-0.39, 0.29) is 23.7 Å². The molecule has 3 N–H and O–H groups in total. The minimum absolute atomic E-state index is 0.00384. The van der Waals surface area contributed by atoms with Gasteiger partial charge >= 0.3 is 0 Å². The molecule has 0 spiro atoms. The Morgan fingerprint density at radius 3 is 2.84 bits per heavy atom. The van der Waals surface area contributed by atoms with Gasteiger partial charge in [0.2, 0.25) is 5.91 Å². The first-order valence-corrected chi connectivity index (χ1v) is 11.0. The first-order valence-electron chi connectivity index (χ1n) is 11.0. The van der Waals surface area contributed by atoms with Crippen molar-refractivity contribution in [2.75, 3.05) is 25.0 Å². The normalized spacial score (nSPS) is 28.2. The third-order valence-corrected chi connectivity index (χ3v) is 6.89. The fourth-order valence-corrected chi connectivity index (χ4v) is 5.32. The number of anilines is 1. The lowest BCUT2D eigenvalue weighted by Crippen LogP contribution is -2.36. The molecular weight excluding hydrogens is 418 g/mol. The number of ether oxygens (including phenoxy) is 1. The van der Waals surface area contributed by atoms with Crippen molar-refractivity contribution in [2.24, 2.45) is 5.92 Å². The number of carbonyl (C=O) groups excluding carboxylic acids is 1. The third-order valence-electron chi connectivity index (χ3n) is 6.89. The van der Waals surface area contributed by atoms with Crippen LogP contribution in [0.2, 0.25) is 0 Å². The zero-order valence-corrected chi connectivity index (χ0v) is 17.6. The molecule has 2 heterocycles. The van der Waals surface area contributed by atoms with Crippen molar-refractivity contribution in [3.63, 3.8) is 0 Å². The largest absolute Gasteiger partial charge is 0.487 e. The molecule has 1 saturated heterocycles. The van der Waals surface area contributed by atoms with Crippen molar-refractivity contribution in [1.82, 2.24) is 4.90 Å². The summed E-state index contributed by atoms with van der Waals surface area (Å²) in [7, 11) is 0. The molecule has 2 aromatic carbocycles. The number of nitrogens with one attached hydrogen (secondary N) is 1. The van der Waals surface area contributed by atoms with E-state index in [1.165, 1.54) is 6.07 Å². The van der Waals surface area contributed by atoms with Crippen LogP contribution in [0.1, 0.15) is 36.5 Å². The van der Waals surface area contributed by atoms with E-state index in [4.69, 9.17) is 4.74 Å². The molecule has 32 heavy (non-hydrogen) atoms. The second-order valence-corrected chi connectivity index (χ2v) is 9.23. The van der Waals surface area contributed by atoms with Gasteiger partial charge in [0.25, 0.3) is 0 Å². The molecule has 1 unspecified atom stereocenters. The van der Waals surface area contributed by atoms with Crippen molar-refractivity contribution < 1.29 is 28.5 Å². The van der Waals surface area contributed by atoms with Gasteiger partial charge in [-0.2, -0.15) is 0 Å². The van der Waals surface area contributed by atoms with Crippen LogP contribution >= 0.6 is 0 Å². The van der Waals surface area contributed by atoms with Gasteiger partial charge in [0, 0.05) is 50.1 Å². The van der Waals surface area contributed by atoms with Crippen molar-refractivity contribution in [2.45, 2.75) is 43.5 Å². The summed E-state index contributed by atoms with van der Waals surface area (Å²) in [6.07, 6.45) is 0.980. The maximum Gasteiger partial charge on any atom is 0.224 e. The number of aryl methyl sites for hydroxylation is 1. The van der Waals surface area contributed by atoms with Crippen LogP contribution in [0.3, 0.4) is 0 Å². The molecule has 1 amide bonds. The molecule has 1 saturated carbocycles. The number of hydrogen-bond donors (Lipinski definition) is 3. The van der Waals surface area contributed by atoms with Crippen molar-refractivity contribution in [1.29, 1.82) is 0 Å². The zero-order chi connectivity index (χ0) is 22.5. The summed E-state index contributed by atoms with van der Waals surface area (Å²) in [5, 5.41) is 24.7. The second kappa shape index (κ2) is 8.10. The number of fused-ring (bicyclic) bond motifs is 2. The molecule has 8 heteroatoms. The lowest BCUT2D eigenvalue weighted by atomic mass is 9.95. The van der Waals surface area contributed by atoms with E-state index < -0.39 is 23.3 Å². The fourth-order valence-electron chi connectivity index (χ4n) is 5.32. The van der Waals surface area contributed by atoms with Crippen LogP contribution in [0, 0.1) is 17.6 Å². The van der Waals surface area contributed by atoms with E-state index in [1.807, 2.05) is 23.1 Å². The lowest BCUT2D eigenvalue weighted by Gasteiger charge is -2.25. The number of amides is 1. The molecule has 3 aliphatic rings. The number of nitrogens with zero attached hydrogens (tertiary/aromatic N) is 1. The maximum absolute atomic E-state index is 13.9. The molecule has 170 valence electrons. The average molecular weight is 444 g/mol. The Bertz CT molecular complexity index is 1050. The highest BCUT2D eigenvalue weighted by Crippen LogP contribution is 2.43. The Morgan fingerprint density at radius 1 is 1.22 bits per heavy atom. The Labute approximate surface area is 184 Å². The highest BCUT2D eigenvalue weighted by atomic mass is 19.1. The van der Waals surface area contributed by atoms with Gasteiger partial charge in [0.05, 0.1) is 11.7 Å².